The third kappa shape index (κ3) is 4.64. The van der Waals surface area contributed by atoms with Crippen LogP contribution in [0.25, 0.3) is 11.2 Å². The van der Waals surface area contributed by atoms with Gasteiger partial charge in [0.25, 0.3) is 0 Å². The van der Waals surface area contributed by atoms with Crippen LogP contribution in [0, 0.1) is 18.8 Å². The summed E-state index contributed by atoms with van der Waals surface area (Å²) in [6, 6.07) is 9.54. The van der Waals surface area contributed by atoms with Gasteiger partial charge in [-0.3, -0.25) is 4.90 Å². The van der Waals surface area contributed by atoms with Crippen LogP contribution in [0.15, 0.2) is 36.5 Å². The quantitative estimate of drug-likeness (QED) is 0.626. The maximum atomic E-state index is 6.00. The van der Waals surface area contributed by atoms with Crippen LogP contribution in [0.1, 0.15) is 29.7 Å². The minimum absolute atomic E-state index is 0.461. The molecule has 0 unspecified atom stereocenters. The highest BCUT2D eigenvalue weighted by Gasteiger charge is 2.13. The number of ether oxygens (including phenoxy) is 2. The Morgan fingerprint density at radius 2 is 1.97 bits per heavy atom. The van der Waals surface area contributed by atoms with Gasteiger partial charge < -0.3 is 9.47 Å². The molecule has 0 N–H and O–H groups in total. The fourth-order valence-electron chi connectivity index (χ4n) is 3.37. The number of hydrogen-bond acceptors (Lipinski definition) is 6. The maximum Gasteiger partial charge on any atom is 0.249 e. The lowest BCUT2D eigenvalue weighted by atomic mass is 10.1. The van der Waals surface area contributed by atoms with E-state index in [1.807, 2.05) is 37.3 Å². The highest BCUT2D eigenvalue weighted by atomic mass is 16.5. The molecule has 3 aromatic rings. The van der Waals surface area contributed by atoms with Gasteiger partial charge in [-0.05, 0) is 74.7 Å². The second-order valence-electron chi connectivity index (χ2n) is 7.05. The van der Waals surface area contributed by atoms with Gasteiger partial charge in [-0.1, -0.05) is 5.92 Å². The lowest BCUT2D eigenvalue weighted by molar-refractivity contribution is 0.231. The summed E-state index contributed by atoms with van der Waals surface area (Å²) in [6.45, 7) is 5.74. The first-order chi connectivity index (χ1) is 14.2. The Bertz CT molecular complexity index is 1070. The van der Waals surface area contributed by atoms with Gasteiger partial charge in [-0.15, -0.1) is 0 Å². The van der Waals surface area contributed by atoms with Crippen molar-refractivity contribution in [1.29, 1.82) is 0 Å². The Hall–Kier alpha value is -3.17. The molecule has 4 rings (SSSR count). The number of rotatable bonds is 5. The Morgan fingerprint density at radius 1 is 1.10 bits per heavy atom. The van der Waals surface area contributed by atoms with Crippen molar-refractivity contribution in [2.24, 2.45) is 0 Å². The molecule has 6 nitrogen and oxygen atoms in total. The van der Waals surface area contributed by atoms with Crippen molar-refractivity contribution in [2.75, 3.05) is 33.4 Å². The number of aromatic nitrogens is 3. The molecule has 0 bridgehead atoms. The van der Waals surface area contributed by atoms with Gasteiger partial charge in [0.1, 0.15) is 17.9 Å². The zero-order valence-corrected chi connectivity index (χ0v) is 16.8. The Morgan fingerprint density at radius 3 is 2.76 bits per heavy atom. The Labute approximate surface area is 170 Å². The topological polar surface area (TPSA) is 60.4 Å². The monoisotopic (exact) mass is 388 g/mol. The molecule has 29 heavy (non-hydrogen) atoms. The van der Waals surface area contributed by atoms with Crippen molar-refractivity contribution in [3.05, 3.63) is 53.3 Å². The van der Waals surface area contributed by atoms with E-state index in [4.69, 9.17) is 9.47 Å². The summed E-state index contributed by atoms with van der Waals surface area (Å²) in [4.78, 5) is 15.9. The molecular weight excluding hydrogens is 364 g/mol. The van der Waals surface area contributed by atoms with Crippen LogP contribution in [0.5, 0.6) is 11.6 Å². The molecule has 1 fully saturated rings. The summed E-state index contributed by atoms with van der Waals surface area (Å²) < 4.78 is 11.3. The molecule has 0 aliphatic carbocycles. The second-order valence-corrected chi connectivity index (χ2v) is 7.05. The van der Waals surface area contributed by atoms with Gasteiger partial charge in [0, 0.05) is 18.3 Å². The Balaban J connectivity index is 1.61. The minimum atomic E-state index is 0.461. The highest BCUT2D eigenvalue weighted by Crippen LogP contribution is 2.19. The maximum absolute atomic E-state index is 6.00. The number of fused-ring (bicyclic) bond motifs is 1. The van der Waals surface area contributed by atoms with Crippen molar-refractivity contribution in [3.63, 3.8) is 0 Å². The normalized spacial score (nSPS) is 13.9. The SMILES string of the molecule is COc1ccc(C#Cc2nc3ncccc3nc2OCCN2CCCC2)c(C)c1. The predicted molar refractivity (Wildman–Crippen MR) is 112 cm³/mol. The van der Waals surface area contributed by atoms with Crippen molar-refractivity contribution in [1.82, 2.24) is 19.9 Å². The standard InChI is InChI=1S/C23H24N4O2/c1-17-16-19(28-2)9-7-18(17)8-10-21-23(29-15-14-27-12-3-4-13-27)26-20-6-5-11-24-22(20)25-21/h5-7,9,11,16H,3-4,12-15H2,1-2H3. The van der Waals surface area contributed by atoms with Crippen LogP contribution in [0.4, 0.5) is 0 Å². The molecule has 1 aliphatic rings. The van der Waals surface area contributed by atoms with Crippen LogP contribution in [0.3, 0.4) is 0 Å². The molecule has 0 spiro atoms. The first-order valence-corrected chi connectivity index (χ1v) is 9.87. The molecule has 0 atom stereocenters. The molecule has 1 saturated heterocycles. The summed E-state index contributed by atoms with van der Waals surface area (Å²) >= 11 is 0. The van der Waals surface area contributed by atoms with Gasteiger partial charge in [0.2, 0.25) is 5.88 Å². The summed E-state index contributed by atoms with van der Waals surface area (Å²) in [5.41, 5.74) is 3.73. The zero-order chi connectivity index (χ0) is 20.1. The molecular formula is C23H24N4O2. The number of nitrogens with zero attached hydrogens (tertiary/aromatic N) is 4. The van der Waals surface area contributed by atoms with Crippen molar-refractivity contribution in [2.45, 2.75) is 19.8 Å². The van der Waals surface area contributed by atoms with Crippen LogP contribution in [0.2, 0.25) is 0 Å². The average molecular weight is 388 g/mol. The van der Waals surface area contributed by atoms with Crippen LogP contribution in [-0.2, 0) is 0 Å². The van der Waals surface area contributed by atoms with Gasteiger partial charge in [-0.2, -0.15) is 0 Å². The van der Waals surface area contributed by atoms with Gasteiger partial charge in [0.05, 0.1) is 7.11 Å². The molecule has 1 aromatic carbocycles. The lowest BCUT2D eigenvalue weighted by Crippen LogP contribution is -2.25. The average Bonchev–Trinajstić information content (AvgIpc) is 3.26. The number of methoxy groups -OCH3 is 1. The summed E-state index contributed by atoms with van der Waals surface area (Å²) in [5, 5.41) is 0. The fraction of sp³-hybridized carbons (Fsp3) is 0.348. The molecule has 3 heterocycles. The van der Waals surface area contributed by atoms with E-state index in [0.717, 1.165) is 36.5 Å². The van der Waals surface area contributed by atoms with E-state index in [0.29, 0.717) is 29.3 Å². The molecule has 0 amide bonds. The van der Waals surface area contributed by atoms with E-state index < -0.39 is 0 Å². The lowest BCUT2D eigenvalue weighted by Gasteiger charge is -2.15. The predicted octanol–water partition coefficient (Wildman–Crippen LogP) is 3.22. The number of likely N-dealkylation sites (tertiary alicyclic amines) is 1. The summed E-state index contributed by atoms with van der Waals surface area (Å²) in [5.74, 6) is 7.60. The van der Waals surface area contributed by atoms with Gasteiger partial charge in [0.15, 0.2) is 11.3 Å². The smallest absolute Gasteiger partial charge is 0.249 e. The first-order valence-electron chi connectivity index (χ1n) is 9.87. The van der Waals surface area contributed by atoms with Crippen molar-refractivity contribution < 1.29 is 9.47 Å². The van der Waals surface area contributed by atoms with Crippen molar-refractivity contribution in [3.8, 4) is 23.5 Å². The highest BCUT2D eigenvalue weighted by molar-refractivity contribution is 5.71. The first kappa shape index (κ1) is 19.2. The van der Waals surface area contributed by atoms with E-state index >= 15 is 0 Å². The zero-order valence-electron chi connectivity index (χ0n) is 16.8. The van der Waals surface area contributed by atoms with E-state index in [2.05, 4.69) is 31.7 Å². The number of pyridine rings is 1. The van der Waals surface area contributed by atoms with E-state index in [-0.39, 0.29) is 0 Å². The number of hydrogen-bond donors (Lipinski definition) is 0. The molecule has 2 aromatic heterocycles. The van der Waals surface area contributed by atoms with Crippen LogP contribution >= 0.6 is 0 Å². The minimum Gasteiger partial charge on any atom is -0.497 e. The number of aryl methyl sites for hydroxylation is 1. The second kappa shape index (κ2) is 8.89. The molecule has 1 aliphatic heterocycles. The fourth-order valence-corrected chi connectivity index (χ4v) is 3.37. The summed E-state index contributed by atoms with van der Waals surface area (Å²) in [7, 11) is 1.66. The van der Waals surface area contributed by atoms with Crippen LogP contribution in [-0.4, -0.2) is 53.2 Å². The molecule has 148 valence electrons. The molecule has 0 radical (unpaired) electrons. The van der Waals surface area contributed by atoms with Crippen molar-refractivity contribution >= 4 is 11.2 Å². The largest absolute Gasteiger partial charge is 0.497 e. The third-order valence-electron chi connectivity index (χ3n) is 5.00. The van der Waals surface area contributed by atoms with E-state index in [9.17, 15) is 0 Å². The Kier molecular flexibility index (Phi) is 5.87. The number of benzene rings is 1. The van der Waals surface area contributed by atoms with Gasteiger partial charge in [-0.25, -0.2) is 15.0 Å². The van der Waals surface area contributed by atoms with Crippen LogP contribution < -0.4 is 9.47 Å². The molecule has 6 heteroatoms. The third-order valence-corrected chi connectivity index (χ3v) is 5.00. The summed E-state index contributed by atoms with van der Waals surface area (Å²) in [6.07, 6.45) is 4.23. The van der Waals surface area contributed by atoms with Gasteiger partial charge >= 0.3 is 0 Å². The van der Waals surface area contributed by atoms with E-state index in [1.165, 1.54) is 12.8 Å². The van der Waals surface area contributed by atoms with E-state index in [1.54, 1.807) is 13.3 Å². The molecule has 0 saturated carbocycles.